The lowest BCUT2D eigenvalue weighted by molar-refractivity contribution is 0.0601. The predicted molar refractivity (Wildman–Crippen MR) is 112 cm³/mol. The summed E-state index contributed by atoms with van der Waals surface area (Å²) >= 11 is 0. The van der Waals surface area contributed by atoms with Gasteiger partial charge in [0.25, 0.3) is 0 Å². The fraction of sp³-hybridized carbons (Fsp3) is 0.381. The second kappa shape index (κ2) is 9.32. The zero-order valence-corrected chi connectivity index (χ0v) is 16.4. The van der Waals surface area contributed by atoms with Crippen LogP contribution in [0.4, 0.5) is 11.4 Å². The number of nitrogens with two attached hydrogens (primary N) is 1. The molecule has 0 amide bonds. The van der Waals surface area contributed by atoms with Crippen molar-refractivity contribution in [3.63, 3.8) is 0 Å². The monoisotopic (exact) mass is 380 g/mol. The van der Waals surface area contributed by atoms with Gasteiger partial charge in [-0.25, -0.2) is 5.53 Å². The Morgan fingerprint density at radius 3 is 2.71 bits per heavy atom. The van der Waals surface area contributed by atoms with Crippen LogP contribution in [0.2, 0.25) is 0 Å². The molecule has 1 aliphatic rings. The van der Waals surface area contributed by atoms with E-state index in [-0.39, 0.29) is 6.04 Å². The standard InChI is InChI=1S/C21H28N6O/c1-14(27-23)20(24-2)16-6-7-17(22)19(13-16)26-21(15-8-11-28-12-9-15)18-5-3-4-10-25-18/h3-7,10,13,15,21,23-24,26H,8-9,11-12,22H2,1-2H3/b20-14-,27-23?. The molecule has 5 N–H and O–H groups in total. The summed E-state index contributed by atoms with van der Waals surface area (Å²) in [6.07, 6.45) is 3.78. The molecule has 7 nitrogen and oxygen atoms in total. The van der Waals surface area contributed by atoms with Gasteiger partial charge in [0.15, 0.2) is 0 Å². The number of nitrogen functional groups attached to an aromatic ring is 1. The van der Waals surface area contributed by atoms with Crippen LogP contribution in [0.1, 0.15) is 37.1 Å². The molecule has 2 heterocycles. The van der Waals surface area contributed by atoms with Crippen LogP contribution in [-0.4, -0.2) is 25.2 Å². The molecule has 148 valence electrons. The van der Waals surface area contributed by atoms with Crippen LogP contribution in [-0.2, 0) is 4.74 Å². The Labute approximate surface area is 165 Å². The highest BCUT2D eigenvalue weighted by Gasteiger charge is 2.27. The number of anilines is 2. The minimum Gasteiger partial charge on any atom is -0.397 e. The summed E-state index contributed by atoms with van der Waals surface area (Å²) in [6, 6.07) is 11.9. The summed E-state index contributed by atoms with van der Waals surface area (Å²) in [5, 5.41) is 10.3. The third-order valence-electron chi connectivity index (χ3n) is 5.18. The Morgan fingerprint density at radius 2 is 2.07 bits per heavy atom. The van der Waals surface area contributed by atoms with Gasteiger partial charge in [-0.05, 0) is 49.9 Å². The number of allylic oxidation sites excluding steroid dienone is 1. The van der Waals surface area contributed by atoms with E-state index >= 15 is 0 Å². The maximum Gasteiger partial charge on any atom is 0.0829 e. The van der Waals surface area contributed by atoms with Gasteiger partial charge in [-0.1, -0.05) is 12.1 Å². The lowest BCUT2D eigenvalue weighted by Crippen LogP contribution is -2.28. The topological polar surface area (TPSA) is 108 Å². The first-order valence-electron chi connectivity index (χ1n) is 9.55. The van der Waals surface area contributed by atoms with E-state index in [0.29, 0.717) is 17.3 Å². The molecule has 1 unspecified atom stereocenters. The SMILES string of the molecule is CN/C(=C(/C)N=N)c1ccc(N)c(NC(c2ccccn2)C2CCOCC2)c1. The summed E-state index contributed by atoms with van der Waals surface area (Å²) in [5.41, 5.74) is 18.5. The van der Waals surface area contributed by atoms with Crippen molar-refractivity contribution in [3.8, 4) is 0 Å². The van der Waals surface area contributed by atoms with Crippen molar-refractivity contribution in [3.05, 3.63) is 59.5 Å². The van der Waals surface area contributed by atoms with Crippen molar-refractivity contribution in [1.29, 1.82) is 5.53 Å². The van der Waals surface area contributed by atoms with Gasteiger partial charge < -0.3 is 21.1 Å². The zero-order valence-electron chi connectivity index (χ0n) is 16.4. The number of rotatable bonds is 7. The molecule has 28 heavy (non-hydrogen) atoms. The molecule has 1 aromatic carbocycles. The van der Waals surface area contributed by atoms with E-state index in [1.807, 2.05) is 43.6 Å². The van der Waals surface area contributed by atoms with Crippen molar-refractivity contribution in [2.75, 3.05) is 31.3 Å². The number of pyridine rings is 1. The average molecular weight is 380 g/mol. The first kappa shape index (κ1) is 19.8. The molecule has 0 aliphatic carbocycles. The molecule has 7 heteroatoms. The largest absolute Gasteiger partial charge is 0.397 e. The van der Waals surface area contributed by atoms with E-state index in [1.165, 1.54) is 0 Å². The molecular formula is C21H28N6O. The minimum absolute atomic E-state index is 0.0478. The fourth-order valence-electron chi connectivity index (χ4n) is 3.64. The Balaban J connectivity index is 1.96. The van der Waals surface area contributed by atoms with E-state index in [0.717, 1.165) is 48.7 Å². The Kier molecular flexibility index (Phi) is 6.60. The zero-order chi connectivity index (χ0) is 19.9. The Hall–Kier alpha value is -2.93. The van der Waals surface area contributed by atoms with Gasteiger partial charge in [0.1, 0.15) is 0 Å². The van der Waals surface area contributed by atoms with Crippen LogP contribution < -0.4 is 16.4 Å². The van der Waals surface area contributed by atoms with Crippen molar-refractivity contribution >= 4 is 17.1 Å². The quantitative estimate of drug-likeness (QED) is 0.426. The first-order valence-corrected chi connectivity index (χ1v) is 9.55. The molecule has 1 aliphatic heterocycles. The van der Waals surface area contributed by atoms with E-state index in [1.54, 1.807) is 6.92 Å². The van der Waals surface area contributed by atoms with Gasteiger partial charge in [-0.2, -0.15) is 5.11 Å². The maximum atomic E-state index is 7.31. The summed E-state index contributed by atoms with van der Waals surface area (Å²) in [6.45, 7) is 3.34. The third kappa shape index (κ3) is 4.48. The van der Waals surface area contributed by atoms with Crippen LogP contribution in [0.25, 0.3) is 5.70 Å². The van der Waals surface area contributed by atoms with E-state index in [4.69, 9.17) is 16.0 Å². The van der Waals surface area contributed by atoms with Crippen LogP contribution in [0.15, 0.2) is 53.4 Å². The number of ether oxygens (including phenoxy) is 1. The molecule has 1 atom stereocenters. The first-order chi connectivity index (χ1) is 13.6. The van der Waals surface area contributed by atoms with Gasteiger partial charge in [0.2, 0.25) is 0 Å². The fourth-order valence-corrected chi connectivity index (χ4v) is 3.64. The predicted octanol–water partition coefficient (Wildman–Crippen LogP) is 4.18. The van der Waals surface area contributed by atoms with Crippen molar-refractivity contribution in [1.82, 2.24) is 10.3 Å². The number of benzene rings is 1. The van der Waals surface area contributed by atoms with Gasteiger partial charge in [0, 0.05) is 32.0 Å². The van der Waals surface area contributed by atoms with Crippen molar-refractivity contribution in [2.24, 2.45) is 11.0 Å². The number of nitrogens with one attached hydrogen (secondary N) is 3. The number of hydrogen-bond acceptors (Lipinski definition) is 7. The molecule has 3 rings (SSSR count). The van der Waals surface area contributed by atoms with E-state index in [2.05, 4.69) is 26.8 Å². The van der Waals surface area contributed by atoms with Gasteiger partial charge >= 0.3 is 0 Å². The van der Waals surface area contributed by atoms with Gasteiger partial charge in [-0.3, -0.25) is 4.98 Å². The molecule has 1 aromatic heterocycles. The molecule has 0 saturated carbocycles. The maximum absolute atomic E-state index is 7.31. The number of hydrogen-bond donors (Lipinski definition) is 4. The van der Waals surface area contributed by atoms with E-state index in [9.17, 15) is 0 Å². The normalized spacial score (nSPS) is 16.8. The van der Waals surface area contributed by atoms with Crippen LogP contribution in [0.5, 0.6) is 0 Å². The molecule has 1 fully saturated rings. The van der Waals surface area contributed by atoms with Crippen molar-refractivity contribution in [2.45, 2.75) is 25.8 Å². The van der Waals surface area contributed by atoms with Gasteiger partial charge in [0.05, 0.1) is 34.5 Å². The lowest BCUT2D eigenvalue weighted by Gasteiger charge is -2.32. The molecule has 0 radical (unpaired) electrons. The Morgan fingerprint density at radius 1 is 1.29 bits per heavy atom. The van der Waals surface area contributed by atoms with Crippen LogP contribution >= 0.6 is 0 Å². The van der Waals surface area contributed by atoms with Crippen LogP contribution in [0, 0.1) is 11.4 Å². The van der Waals surface area contributed by atoms with E-state index < -0.39 is 0 Å². The summed E-state index contributed by atoms with van der Waals surface area (Å²) in [4.78, 5) is 4.59. The summed E-state index contributed by atoms with van der Waals surface area (Å²) < 4.78 is 5.55. The highest BCUT2D eigenvalue weighted by Crippen LogP contribution is 2.35. The lowest BCUT2D eigenvalue weighted by atomic mass is 9.89. The molecule has 0 bridgehead atoms. The van der Waals surface area contributed by atoms with Crippen molar-refractivity contribution < 1.29 is 4.74 Å². The highest BCUT2D eigenvalue weighted by molar-refractivity contribution is 5.76. The van der Waals surface area contributed by atoms with Gasteiger partial charge in [-0.15, -0.1) is 0 Å². The second-order valence-electron chi connectivity index (χ2n) is 6.95. The Bertz CT molecular complexity index is 830. The molecular weight excluding hydrogens is 352 g/mol. The molecule has 1 saturated heterocycles. The summed E-state index contributed by atoms with van der Waals surface area (Å²) in [5.74, 6) is 0.413. The highest BCUT2D eigenvalue weighted by atomic mass is 16.5. The average Bonchev–Trinajstić information content (AvgIpc) is 2.75. The number of nitrogens with zero attached hydrogens (tertiary/aromatic N) is 2. The minimum atomic E-state index is 0.0478. The molecule has 0 spiro atoms. The number of aromatic nitrogens is 1. The summed E-state index contributed by atoms with van der Waals surface area (Å²) in [7, 11) is 1.83. The second-order valence-corrected chi connectivity index (χ2v) is 6.95. The smallest absolute Gasteiger partial charge is 0.0829 e. The molecule has 2 aromatic rings. The third-order valence-corrected chi connectivity index (χ3v) is 5.18. The van der Waals surface area contributed by atoms with Crippen LogP contribution in [0.3, 0.4) is 0 Å².